The maximum atomic E-state index is 12.7. The molecular formula is C20H30N2O6. The predicted molar refractivity (Wildman–Crippen MR) is 95.4 cm³/mol. The number of urea groups is 1. The third kappa shape index (κ3) is 2.72. The molecule has 0 aromatic carbocycles. The highest BCUT2D eigenvalue weighted by molar-refractivity contribution is 5.74. The molecule has 4 saturated carbocycles. The Balaban J connectivity index is 1.08. The number of rotatable bonds is 0. The van der Waals surface area contributed by atoms with Gasteiger partial charge in [0.2, 0.25) is 11.6 Å². The lowest BCUT2D eigenvalue weighted by Gasteiger charge is -2.60. The molecule has 7 aliphatic rings. The average Bonchev–Trinajstić information content (AvgIpc) is 2.74. The van der Waals surface area contributed by atoms with Gasteiger partial charge in [0.15, 0.2) is 0 Å². The van der Waals surface area contributed by atoms with Crippen molar-refractivity contribution < 1.29 is 29.1 Å². The Bertz CT molecular complexity index is 588. The van der Waals surface area contributed by atoms with Gasteiger partial charge in [-0.2, -0.15) is 19.6 Å². The zero-order valence-corrected chi connectivity index (χ0v) is 16.3. The SMILES string of the molecule is O=C(N1CCOCC1)N1CCC2(CC1)OOC1(OO2)C2CC3CC(C2)CC1C3. The fraction of sp³-hybridized carbons (Fsp3) is 0.950. The van der Waals surface area contributed by atoms with Crippen LogP contribution in [0.4, 0.5) is 4.79 Å². The van der Waals surface area contributed by atoms with Crippen LogP contribution in [0.5, 0.6) is 0 Å². The molecule has 0 atom stereocenters. The van der Waals surface area contributed by atoms with Crippen molar-refractivity contribution in [2.24, 2.45) is 23.7 Å². The molecule has 2 amide bonds. The number of amides is 2. The van der Waals surface area contributed by atoms with Crippen molar-refractivity contribution in [1.29, 1.82) is 0 Å². The second-order valence-corrected chi connectivity index (χ2v) is 9.64. The van der Waals surface area contributed by atoms with Gasteiger partial charge in [-0.25, -0.2) is 4.79 Å². The second-order valence-electron chi connectivity index (χ2n) is 9.64. The molecule has 2 spiro atoms. The van der Waals surface area contributed by atoms with E-state index in [0.29, 0.717) is 64.1 Å². The topological polar surface area (TPSA) is 69.7 Å². The van der Waals surface area contributed by atoms with E-state index < -0.39 is 11.6 Å². The summed E-state index contributed by atoms with van der Waals surface area (Å²) in [6, 6.07) is 0.0771. The van der Waals surface area contributed by atoms with Crippen LogP contribution in [-0.2, 0) is 24.3 Å². The van der Waals surface area contributed by atoms with E-state index in [0.717, 1.165) is 37.5 Å². The molecule has 7 rings (SSSR count). The van der Waals surface area contributed by atoms with E-state index in [1.807, 2.05) is 9.80 Å². The number of likely N-dealkylation sites (tertiary alicyclic amines) is 1. The highest BCUT2D eigenvalue weighted by Crippen LogP contribution is 2.61. The molecule has 8 nitrogen and oxygen atoms in total. The Hall–Kier alpha value is -0.930. The third-order valence-electron chi connectivity index (χ3n) is 8.00. The van der Waals surface area contributed by atoms with Crippen molar-refractivity contribution in [1.82, 2.24) is 9.80 Å². The number of nitrogens with zero attached hydrogens (tertiary/aromatic N) is 2. The highest BCUT2D eigenvalue weighted by Gasteiger charge is 2.64. The molecule has 0 aromatic heterocycles. The lowest BCUT2D eigenvalue weighted by Crippen LogP contribution is -2.65. The maximum absolute atomic E-state index is 12.7. The van der Waals surface area contributed by atoms with Gasteiger partial charge in [-0.15, -0.1) is 0 Å². The van der Waals surface area contributed by atoms with Gasteiger partial charge >= 0.3 is 6.03 Å². The van der Waals surface area contributed by atoms with E-state index in [-0.39, 0.29) is 6.03 Å². The molecule has 28 heavy (non-hydrogen) atoms. The van der Waals surface area contributed by atoms with E-state index >= 15 is 0 Å². The summed E-state index contributed by atoms with van der Waals surface area (Å²) >= 11 is 0. The van der Waals surface area contributed by atoms with Crippen LogP contribution in [-0.4, -0.2) is 66.8 Å². The van der Waals surface area contributed by atoms with Gasteiger partial charge in [-0.1, -0.05) is 0 Å². The predicted octanol–water partition coefficient (Wildman–Crippen LogP) is 2.29. The fourth-order valence-corrected chi connectivity index (χ4v) is 6.58. The van der Waals surface area contributed by atoms with Crippen molar-refractivity contribution in [2.45, 2.75) is 56.5 Å². The van der Waals surface area contributed by atoms with Gasteiger partial charge in [-0.05, 0) is 43.9 Å². The summed E-state index contributed by atoms with van der Waals surface area (Å²) in [5, 5.41) is 0. The first-order chi connectivity index (χ1) is 13.7. The Morgan fingerprint density at radius 3 is 1.82 bits per heavy atom. The number of carbonyl (C=O) groups excluding carboxylic acids is 1. The zero-order valence-electron chi connectivity index (χ0n) is 16.3. The van der Waals surface area contributed by atoms with E-state index in [9.17, 15) is 4.79 Å². The smallest absolute Gasteiger partial charge is 0.320 e. The minimum absolute atomic E-state index is 0.0771. The zero-order chi connectivity index (χ0) is 18.8. The summed E-state index contributed by atoms with van der Waals surface area (Å²) < 4.78 is 5.34. The number of morpholine rings is 1. The van der Waals surface area contributed by atoms with Gasteiger partial charge in [-0.3, -0.25) is 0 Å². The number of hydrogen-bond donors (Lipinski definition) is 0. The van der Waals surface area contributed by atoms with Crippen LogP contribution >= 0.6 is 0 Å². The molecule has 8 heteroatoms. The molecule has 3 heterocycles. The monoisotopic (exact) mass is 394 g/mol. The quantitative estimate of drug-likeness (QED) is 0.587. The first-order valence-corrected chi connectivity index (χ1v) is 11.0. The number of carbonyl (C=O) groups is 1. The van der Waals surface area contributed by atoms with Crippen LogP contribution in [0.1, 0.15) is 44.9 Å². The Labute approximate surface area is 165 Å². The molecule has 4 bridgehead atoms. The van der Waals surface area contributed by atoms with E-state index in [1.54, 1.807) is 0 Å². The summed E-state index contributed by atoms with van der Waals surface area (Å²) in [4.78, 5) is 40.4. The Morgan fingerprint density at radius 2 is 1.25 bits per heavy atom. The van der Waals surface area contributed by atoms with Crippen LogP contribution in [0.2, 0.25) is 0 Å². The molecule has 0 aromatic rings. The van der Waals surface area contributed by atoms with Gasteiger partial charge in [0, 0.05) is 50.9 Å². The molecule has 0 unspecified atom stereocenters. The molecule has 7 fully saturated rings. The standard InChI is InChI=1S/C20H30N2O6/c23-18(22-5-7-24-8-6-22)21-3-1-19(2-4-21)25-27-20(28-26-19)16-10-14-9-15(12-16)13-17(20)11-14/h14-17H,1-13H2. The van der Waals surface area contributed by atoms with Crippen molar-refractivity contribution in [2.75, 3.05) is 39.4 Å². The molecule has 0 N–H and O–H groups in total. The maximum Gasteiger partial charge on any atom is 0.320 e. The summed E-state index contributed by atoms with van der Waals surface area (Å²) in [6.45, 7) is 3.70. The molecule has 0 radical (unpaired) electrons. The number of hydrogen-bond acceptors (Lipinski definition) is 6. The minimum atomic E-state index is -0.887. The van der Waals surface area contributed by atoms with Crippen LogP contribution in [0.25, 0.3) is 0 Å². The third-order valence-corrected chi connectivity index (χ3v) is 8.00. The first kappa shape index (κ1) is 17.9. The van der Waals surface area contributed by atoms with Crippen LogP contribution < -0.4 is 0 Å². The molecule has 3 aliphatic heterocycles. The Morgan fingerprint density at radius 1 is 0.714 bits per heavy atom. The van der Waals surface area contributed by atoms with Crippen molar-refractivity contribution in [3.63, 3.8) is 0 Å². The minimum Gasteiger partial charge on any atom is -0.378 e. The van der Waals surface area contributed by atoms with Gasteiger partial charge < -0.3 is 14.5 Å². The second kappa shape index (κ2) is 6.54. The molecule has 156 valence electrons. The van der Waals surface area contributed by atoms with Gasteiger partial charge in [0.05, 0.1) is 13.2 Å². The van der Waals surface area contributed by atoms with Gasteiger partial charge in [0.25, 0.3) is 0 Å². The molecule has 4 aliphatic carbocycles. The fourth-order valence-electron chi connectivity index (χ4n) is 6.58. The molecule has 3 saturated heterocycles. The van der Waals surface area contributed by atoms with E-state index in [1.165, 1.54) is 6.42 Å². The van der Waals surface area contributed by atoms with Gasteiger partial charge in [0.1, 0.15) is 0 Å². The van der Waals surface area contributed by atoms with E-state index in [4.69, 9.17) is 24.3 Å². The summed E-state index contributed by atoms with van der Waals surface area (Å²) in [5.74, 6) is 0.811. The Kier molecular flexibility index (Phi) is 4.18. The normalized spacial score (nSPS) is 41.0. The van der Waals surface area contributed by atoms with Crippen molar-refractivity contribution in [3.05, 3.63) is 0 Å². The lowest BCUT2D eigenvalue weighted by atomic mass is 9.53. The summed E-state index contributed by atoms with van der Waals surface area (Å²) in [6.07, 6.45) is 7.13. The summed E-state index contributed by atoms with van der Waals surface area (Å²) in [7, 11) is 0. The van der Waals surface area contributed by atoms with E-state index in [2.05, 4.69) is 0 Å². The summed E-state index contributed by atoms with van der Waals surface area (Å²) in [5.41, 5.74) is 0. The molecular weight excluding hydrogens is 364 g/mol. The highest BCUT2D eigenvalue weighted by atomic mass is 17.4. The van der Waals surface area contributed by atoms with Crippen LogP contribution in [0, 0.1) is 23.7 Å². The van der Waals surface area contributed by atoms with Crippen molar-refractivity contribution in [3.8, 4) is 0 Å². The van der Waals surface area contributed by atoms with Crippen molar-refractivity contribution >= 4 is 6.03 Å². The van der Waals surface area contributed by atoms with Crippen LogP contribution in [0.15, 0.2) is 0 Å². The number of ether oxygens (including phenoxy) is 1. The number of piperidine rings is 1. The van der Waals surface area contributed by atoms with Crippen LogP contribution in [0.3, 0.4) is 0 Å². The lowest BCUT2D eigenvalue weighted by molar-refractivity contribution is -0.680. The largest absolute Gasteiger partial charge is 0.378 e. The first-order valence-electron chi connectivity index (χ1n) is 11.0. The average molecular weight is 394 g/mol.